The van der Waals surface area contributed by atoms with E-state index in [1.807, 2.05) is 38.1 Å². The van der Waals surface area contributed by atoms with Crippen LogP contribution >= 0.6 is 0 Å². The van der Waals surface area contributed by atoms with E-state index >= 15 is 0 Å². The Balaban J connectivity index is 2.11. The summed E-state index contributed by atoms with van der Waals surface area (Å²) in [6.45, 7) is 3.97. The zero-order valence-electron chi connectivity index (χ0n) is 11.9. The second-order valence-electron chi connectivity index (χ2n) is 5.60. The molecule has 2 N–H and O–H groups in total. The first-order valence-corrected chi connectivity index (χ1v) is 7.12. The lowest BCUT2D eigenvalue weighted by Gasteiger charge is -2.16. The van der Waals surface area contributed by atoms with Gasteiger partial charge >= 0.3 is 5.97 Å². The van der Waals surface area contributed by atoms with Crippen molar-refractivity contribution in [1.29, 1.82) is 0 Å². The molecule has 108 valence electrons. The van der Waals surface area contributed by atoms with Crippen LogP contribution in [-0.2, 0) is 9.59 Å². The number of benzene rings is 1. The Morgan fingerprint density at radius 3 is 2.50 bits per heavy atom. The minimum atomic E-state index is -0.856. The molecule has 0 saturated heterocycles. The number of anilines is 1. The fraction of sp³-hybridized carbons (Fsp3) is 0.500. The lowest BCUT2D eigenvalue weighted by atomic mass is 9.95. The number of carbonyl (C=O) groups excluding carboxylic acids is 1. The molecule has 1 unspecified atom stereocenters. The molecule has 0 bridgehead atoms. The van der Waals surface area contributed by atoms with Crippen LogP contribution in [0.3, 0.4) is 0 Å². The monoisotopic (exact) mass is 275 g/mol. The normalized spacial score (nSPS) is 25.4. The molecule has 1 amide bonds. The van der Waals surface area contributed by atoms with Crippen molar-refractivity contribution in [1.82, 2.24) is 0 Å². The van der Waals surface area contributed by atoms with Crippen molar-refractivity contribution in [2.45, 2.75) is 33.1 Å². The van der Waals surface area contributed by atoms with E-state index in [-0.39, 0.29) is 5.91 Å². The first-order chi connectivity index (χ1) is 9.52. The quantitative estimate of drug-likeness (QED) is 0.887. The average Bonchev–Trinajstić information content (AvgIpc) is 2.86. The number of aliphatic carboxylic acids is 1. The van der Waals surface area contributed by atoms with Gasteiger partial charge in [-0.25, -0.2) is 0 Å². The molecule has 1 fully saturated rings. The molecule has 1 aromatic rings. The third-order valence-corrected chi connectivity index (χ3v) is 4.29. The Hall–Kier alpha value is -1.84. The SMILES string of the molecule is CCC1C[C@H](C(=O)Nc2ccccc2C)[C@H](C(=O)O)C1. The van der Waals surface area contributed by atoms with Crippen LogP contribution in [0.15, 0.2) is 24.3 Å². The van der Waals surface area contributed by atoms with Crippen molar-refractivity contribution >= 4 is 17.6 Å². The Kier molecular flexibility index (Phi) is 4.42. The molecule has 1 aromatic carbocycles. The molecule has 2 rings (SSSR count). The van der Waals surface area contributed by atoms with Crippen LogP contribution < -0.4 is 5.32 Å². The van der Waals surface area contributed by atoms with Crippen molar-refractivity contribution < 1.29 is 14.7 Å². The van der Waals surface area contributed by atoms with Crippen LogP contribution in [0.5, 0.6) is 0 Å². The van der Waals surface area contributed by atoms with E-state index in [0.717, 1.165) is 17.7 Å². The van der Waals surface area contributed by atoms with Gasteiger partial charge in [0.1, 0.15) is 0 Å². The van der Waals surface area contributed by atoms with Crippen molar-refractivity contribution in [3.63, 3.8) is 0 Å². The molecule has 3 atom stereocenters. The summed E-state index contributed by atoms with van der Waals surface area (Å²) in [5, 5.41) is 12.2. The summed E-state index contributed by atoms with van der Waals surface area (Å²) in [5.74, 6) is -1.65. The van der Waals surface area contributed by atoms with E-state index < -0.39 is 17.8 Å². The van der Waals surface area contributed by atoms with E-state index in [4.69, 9.17) is 0 Å². The van der Waals surface area contributed by atoms with Gasteiger partial charge in [0, 0.05) is 5.69 Å². The van der Waals surface area contributed by atoms with E-state index in [1.165, 1.54) is 0 Å². The summed E-state index contributed by atoms with van der Waals surface area (Å²) in [4.78, 5) is 23.7. The molecule has 20 heavy (non-hydrogen) atoms. The first kappa shape index (κ1) is 14.6. The molecule has 1 aliphatic carbocycles. The summed E-state index contributed by atoms with van der Waals surface area (Å²) in [6.07, 6.45) is 2.21. The molecular formula is C16H21NO3. The molecule has 1 aliphatic rings. The Morgan fingerprint density at radius 2 is 1.90 bits per heavy atom. The van der Waals surface area contributed by atoms with Crippen molar-refractivity contribution in [3.05, 3.63) is 29.8 Å². The number of nitrogens with one attached hydrogen (secondary N) is 1. The van der Waals surface area contributed by atoms with Crippen molar-refractivity contribution in [2.24, 2.45) is 17.8 Å². The maximum Gasteiger partial charge on any atom is 0.307 e. The largest absolute Gasteiger partial charge is 0.481 e. The first-order valence-electron chi connectivity index (χ1n) is 7.12. The summed E-state index contributed by atoms with van der Waals surface area (Å²) >= 11 is 0. The van der Waals surface area contributed by atoms with E-state index in [0.29, 0.717) is 18.8 Å². The van der Waals surface area contributed by atoms with Crippen LogP contribution in [0.1, 0.15) is 31.7 Å². The number of rotatable bonds is 4. The van der Waals surface area contributed by atoms with Gasteiger partial charge in [-0.1, -0.05) is 31.5 Å². The third kappa shape index (κ3) is 3.00. The fourth-order valence-electron chi connectivity index (χ4n) is 2.98. The summed E-state index contributed by atoms with van der Waals surface area (Å²) in [7, 11) is 0. The second kappa shape index (κ2) is 6.07. The van der Waals surface area contributed by atoms with Crippen molar-refractivity contribution in [3.8, 4) is 0 Å². The predicted octanol–water partition coefficient (Wildman–Crippen LogP) is 3.07. The smallest absolute Gasteiger partial charge is 0.307 e. The number of carboxylic acid groups (broad SMARTS) is 1. The fourth-order valence-corrected chi connectivity index (χ4v) is 2.98. The summed E-state index contributed by atoms with van der Waals surface area (Å²) < 4.78 is 0. The standard InChI is InChI=1S/C16H21NO3/c1-3-11-8-12(13(9-11)16(19)20)15(18)17-14-7-5-4-6-10(14)2/h4-7,11-13H,3,8-9H2,1-2H3,(H,17,18)(H,19,20)/t11?,12-,13+/m0/s1. The van der Waals surface area contributed by atoms with Gasteiger partial charge in [-0.2, -0.15) is 0 Å². The van der Waals surface area contributed by atoms with Crippen molar-refractivity contribution in [2.75, 3.05) is 5.32 Å². The van der Waals surface area contributed by atoms with E-state index in [9.17, 15) is 14.7 Å². The molecule has 0 aromatic heterocycles. The third-order valence-electron chi connectivity index (χ3n) is 4.29. The Morgan fingerprint density at radius 1 is 1.25 bits per heavy atom. The maximum absolute atomic E-state index is 12.4. The molecule has 4 heteroatoms. The molecular weight excluding hydrogens is 254 g/mol. The number of aryl methyl sites for hydroxylation is 1. The highest BCUT2D eigenvalue weighted by Gasteiger charge is 2.42. The lowest BCUT2D eigenvalue weighted by Crippen LogP contribution is -2.30. The number of hydrogen-bond donors (Lipinski definition) is 2. The van der Waals surface area contributed by atoms with Crippen LogP contribution in [0.2, 0.25) is 0 Å². The number of carboxylic acids is 1. The number of hydrogen-bond acceptors (Lipinski definition) is 2. The summed E-state index contributed by atoms with van der Waals surface area (Å²) in [5.41, 5.74) is 1.75. The minimum absolute atomic E-state index is 0.164. The van der Waals surface area contributed by atoms with Gasteiger partial charge in [-0.15, -0.1) is 0 Å². The van der Waals surface area contributed by atoms with Gasteiger partial charge < -0.3 is 10.4 Å². The number of amides is 1. The predicted molar refractivity (Wildman–Crippen MR) is 77.4 cm³/mol. The van der Waals surface area contributed by atoms with Gasteiger partial charge in [-0.3, -0.25) is 9.59 Å². The number of para-hydroxylation sites is 1. The zero-order chi connectivity index (χ0) is 14.7. The van der Waals surface area contributed by atoms with Crippen LogP contribution in [0.4, 0.5) is 5.69 Å². The maximum atomic E-state index is 12.4. The zero-order valence-corrected chi connectivity index (χ0v) is 11.9. The molecule has 4 nitrogen and oxygen atoms in total. The molecule has 0 heterocycles. The van der Waals surface area contributed by atoms with E-state index in [1.54, 1.807) is 0 Å². The highest BCUT2D eigenvalue weighted by molar-refractivity contribution is 5.96. The summed E-state index contributed by atoms with van der Waals surface area (Å²) in [6, 6.07) is 7.54. The van der Waals surface area contributed by atoms with Crippen LogP contribution in [0.25, 0.3) is 0 Å². The highest BCUT2D eigenvalue weighted by Crippen LogP contribution is 2.39. The minimum Gasteiger partial charge on any atom is -0.481 e. The highest BCUT2D eigenvalue weighted by atomic mass is 16.4. The van der Waals surface area contributed by atoms with Gasteiger partial charge in [0.05, 0.1) is 11.8 Å². The number of carbonyl (C=O) groups is 2. The molecule has 1 saturated carbocycles. The van der Waals surface area contributed by atoms with E-state index in [2.05, 4.69) is 5.32 Å². The van der Waals surface area contributed by atoms with Gasteiger partial charge in [0.25, 0.3) is 0 Å². The Bertz CT molecular complexity index is 512. The molecule has 0 aliphatic heterocycles. The second-order valence-corrected chi connectivity index (χ2v) is 5.60. The Labute approximate surface area is 119 Å². The van der Waals surface area contributed by atoms with Gasteiger partial charge in [0.15, 0.2) is 0 Å². The van der Waals surface area contributed by atoms with Crippen LogP contribution in [-0.4, -0.2) is 17.0 Å². The molecule has 0 radical (unpaired) electrons. The van der Waals surface area contributed by atoms with Gasteiger partial charge in [-0.05, 0) is 37.3 Å². The average molecular weight is 275 g/mol. The van der Waals surface area contributed by atoms with Gasteiger partial charge in [0.2, 0.25) is 5.91 Å². The lowest BCUT2D eigenvalue weighted by molar-refractivity contribution is -0.145. The topological polar surface area (TPSA) is 66.4 Å². The van der Waals surface area contributed by atoms with Crippen LogP contribution in [0, 0.1) is 24.7 Å². The molecule has 0 spiro atoms.